The fourth-order valence-corrected chi connectivity index (χ4v) is 1.01. The predicted octanol–water partition coefficient (Wildman–Crippen LogP) is 2.06. The Morgan fingerprint density at radius 2 is 2.45 bits per heavy atom. The molecule has 0 heterocycles. The van der Waals surface area contributed by atoms with Crippen LogP contribution in [-0.2, 0) is 4.84 Å². The van der Waals surface area contributed by atoms with Crippen LogP contribution in [0, 0.1) is 0 Å². The molecular weight excluding hydrogens is 138 g/mol. The Bertz CT molecular complexity index is 214. The molecule has 1 aliphatic rings. The van der Waals surface area contributed by atoms with Crippen molar-refractivity contribution in [3.05, 3.63) is 35.6 Å². The minimum atomic E-state index is 0.732. The summed E-state index contributed by atoms with van der Waals surface area (Å²) >= 11 is 0. The second-order valence-corrected chi connectivity index (χ2v) is 2.48. The van der Waals surface area contributed by atoms with Crippen LogP contribution in [0.1, 0.15) is 19.8 Å². The van der Waals surface area contributed by atoms with E-state index in [0.29, 0.717) is 0 Å². The Morgan fingerprint density at radius 1 is 1.64 bits per heavy atom. The van der Waals surface area contributed by atoms with Gasteiger partial charge >= 0.3 is 0 Å². The van der Waals surface area contributed by atoms with E-state index < -0.39 is 0 Å². The summed E-state index contributed by atoms with van der Waals surface area (Å²) in [6.07, 6.45) is 9.95. The summed E-state index contributed by atoms with van der Waals surface area (Å²) in [7, 11) is 0. The molecule has 0 fully saturated rings. The maximum Gasteiger partial charge on any atom is 0.146 e. The third-order valence-electron chi connectivity index (χ3n) is 1.71. The third-order valence-corrected chi connectivity index (χ3v) is 1.71. The summed E-state index contributed by atoms with van der Waals surface area (Å²) in [5.41, 5.74) is 1.34. The molecule has 0 saturated heterocycles. The zero-order valence-electron chi connectivity index (χ0n) is 6.71. The molecule has 0 aromatic heterocycles. The fourth-order valence-electron chi connectivity index (χ4n) is 1.01. The lowest BCUT2D eigenvalue weighted by molar-refractivity contribution is 0.233. The molecule has 1 rings (SSSR count). The van der Waals surface area contributed by atoms with Gasteiger partial charge < -0.3 is 4.84 Å². The molecule has 0 amide bonds. The molecule has 2 N–H and O–H groups in total. The molecule has 0 spiro atoms. The van der Waals surface area contributed by atoms with E-state index in [-0.39, 0.29) is 0 Å². The lowest BCUT2D eigenvalue weighted by Crippen LogP contribution is -1.96. The second-order valence-electron chi connectivity index (χ2n) is 2.48. The molecule has 0 saturated carbocycles. The van der Waals surface area contributed by atoms with Crippen molar-refractivity contribution in [1.29, 1.82) is 0 Å². The molecule has 60 valence electrons. The van der Waals surface area contributed by atoms with Crippen molar-refractivity contribution in [2.45, 2.75) is 19.8 Å². The first kappa shape index (κ1) is 8.08. The van der Waals surface area contributed by atoms with Crippen molar-refractivity contribution in [3.8, 4) is 0 Å². The second kappa shape index (κ2) is 3.98. The average Bonchev–Trinajstić information content (AvgIpc) is 2.28. The van der Waals surface area contributed by atoms with Crippen LogP contribution < -0.4 is 5.90 Å². The molecule has 0 bridgehead atoms. The number of hydrogen-bond acceptors (Lipinski definition) is 2. The van der Waals surface area contributed by atoms with E-state index in [9.17, 15) is 0 Å². The van der Waals surface area contributed by atoms with Gasteiger partial charge in [-0.25, -0.2) is 0 Å². The zero-order chi connectivity index (χ0) is 8.10. The van der Waals surface area contributed by atoms with Crippen molar-refractivity contribution in [2.75, 3.05) is 0 Å². The summed E-state index contributed by atoms with van der Waals surface area (Å²) in [5.74, 6) is 5.77. The van der Waals surface area contributed by atoms with Gasteiger partial charge in [-0.3, -0.25) is 0 Å². The standard InChI is InChI=1S/C9H13NO/c1-2-8-5-3-4-6-9(7-8)11-10/h3-4,6-7H,2,5,10H2,1H3. The fraction of sp³-hybridized carbons (Fsp3) is 0.333. The van der Waals surface area contributed by atoms with Gasteiger partial charge in [0.05, 0.1) is 0 Å². The minimum Gasteiger partial charge on any atom is -0.412 e. The van der Waals surface area contributed by atoms with Crippen molar-refractivity contribution >= 4 is 0 Å². The smallest absolute Gasteiger partial charge is 0.146 e. The Morgan fingerprint density at radius 3 is 3.09 bits per heavy atom. The van der Waals surface area contributed by atoms with E-state index in [4.69, 9.17) is 5.90 Å². The van der Waals surface area contributed by atoms with Gasteiger partial charge in [-0.2, -0.15) is 5.90 Å². The topological polar surface area (TPSA) is 35.2 Å². The Labute approximate surface area is 67.0 Å². The van der Waals surface area contributed by atoms with Gasteiger partial charge in [-0.05, 0) is 25.0 Å². The van der Waals surface area contributed by atoms with E-state index in [2.05, 4.69) is 17.8 Å². The molecule has 0 radical (unpaired) electrons. The highest BCUT2D eigenvalue weighted by molar-refractivity contribution is 5.27. The van der Waals surface area contributed by atoms with Crippen LogP contribution in [0.4, 0.5) is 0 Å². The average molecular weight is 151 g/mol. The molecule has 0 aliphatic heterocycles. The van der Waals surface area contributed by atoms with Crippen LogP contribution in [0.15, 0.2) is 35.6 Å². The van der Waals surface area contributed by atoms with E-state index in [1.807, 2.05) is 18.2 Å². The van der Waals surface area contributed by atoms with Gasteiger partial charge in [0.15, 0.2) is 0 Å². The largest absolute Gasteiger partial charge is 0.412 e. The summed E-state index contributed by atoms with van der Waals surface area (Å²) in [5, 5.41) is 0. The van der Waals surface area contributed by atoms with E-state index in [1.165, 1.54) is 5.57 Å². The van der Waals surface area contributed by atoms with Crippen molar-refractivity contribution in [3.63, 3.8) is 0 Å². The maximum atomic E-state index is 5.04. The highest BCUT2D eigenvalue weighted by atomic mass is 16.6. The van der Waals surface area contributed by atoms with Crippen LogP contribution in [0.25, 0.3) is 0 Å². The zero-order valence-corrected chi connectivity index (χ0v) is 6.71. The molecule has 0 aromatic rings. The van der Waals surface area contributed by atoms with E-state index in [0.717, 1.165) is 18.6 Å². The number of hydrogen-bond donors (Lipinski definition) is 1. The molecule has 0 atom stereocenters. The van der Waals surface area contributed by atoms with Crippen LogP contribution in [-0.4, -0.2) is 0 Å². The van der Waals surface area contributed by atoms with Crippen LogP contribution >= 0.6 is 0 Å². The van der Waals surface area contributed by atoms with Gasteiger partial charge in [-0.1, -0.05) is 24.6 Å². The highest BCUT2D eigenvalue weighted by Gasteiger charge is 1.98. The summed E-state index contributed by atoms with van der Waals surface area (Å²) in [6.45, 7) is 2.12. The predicted molar refractivity (Wildman–Crippen MR) is 45.5 cm³/mol. The SMILES string of the molecule is CCC1=CC(ON)=CC=CC1. The first-order valence-electron chi connectivity index (χ1n) is 3.79. The summed E-state index contributed by atoms with van der Waals surface area (Å²) < 4.78 is 0. The normalized spacial score (nSPS) is 16.9. The third kappa shape index (κ3) is 2.24. The highest BCUT2D eigenvalue weighted by Crippen LogP contribution is 2.14. The molecular formula is C9H13NO. The van der Waals surface area contributed by atoms with Gasteiger partial charge in [0.2, 0.25) is 0 Å². The minimum absolute atomic E-state index is 0.732. The number of rotatable bonds is 2. The van der Waals surface area contributed by atoms with Crippen molar-refractivity contribution in [2.24, 2.45) is 5.90 Å². The van der Waals surface area contributed by atoms with E-state index in [1.54, 1.807) is 0 Å². The maximum absolute atomic E-state index is 5.04. The first-order valence-corrected chi connectivity index (χ1v) is 3.79. The molecule has 1 aliphatic carbocycles. The van der Waals surface area contributed by atoms with E-state index >= 15 is 0 Å². The molecule has 11 heavy (non-hydrogen) atoms. The van der Waals surface area contributed by atoms with Crippen molar-refractivity contribution in [1.82, 2.24) is 0 Å². The Balaban J connectivity index is 2.77. The molecule has 2 heteroatoms. The first-order chi connectivity index (χ1) is 5.36. The lowest BCUT2D eigenvalue weighted by Gasteiger charge is -2.00. The number of allylic oxidation sites excluding steroid dienone is 5. The number of nitrogens with two attached hydrogens (primary N) is 1. The lowest BCUT2D eigenvalue weighted by atomic mass is 10.1. The van der Waals surface area contributed by atoms with Crippen LogP contribution in [0.5, 0.6) is 0 Å². The van der Waals surface area contributed by atoms with Crippen LogP contribution in [0.3, 0.4) is 0 Å². The van der Waals surface area contributed by atoms with Gasteiger partial charge in [0, 0.05) is 0 Å². The Hall–Kier alpha value is -1.02. The van der Waals surface area contributed by atoms with Crippen LogP contribution in [0.2, 0.25) is 0 Å². The summed E-state index contributed by atoms with van der Waals surface area (Å²) in [4.78, 5) is 4.64. The Kier molecular flexibility index (Phi) is 2.93. The van der Waals surface area contributed by atoms with Crippen molar-refractivity contribution < 1.29 is 4.84 Å². The summed E-state index contributed by atoms with van der Waals surface area (Å²) in [6, 6.07) is 0. The van der Waals surface area contributed by atoms with Gasteiger partial charge in [-0.15, -0.1) is 0 Å². The van der Waals surface area contributed by atoms with Gasteiger partial charge in [0.1, 0.15) is 5.76 Å². The quantitative estimate of drug-likeness (QED) is 0.613. The molecule has 2 nitrogen and oxygen atoms in total. The van der Waals surface area contributed by atoms with Gasteiger partial charge in [0.25, 0.3) is 0 Å². The molecule has 0 aromatic carbocycles. The molecule has 0 unspecified atom stereocenters. The monoisotopic (exact) mass is 151 g/mol.